The molecule has 0 radical (unpaired) electrons. The van der Waals surface area contributed by atoms with Gasteiger partial charge in [0.25, 0.3) is 10.0 Å². The van der Waals surface area contributed by atoms with Crippen LogP contribution in [0.5, 0.6) is 0 Å². The fourth-order valence-corrected chi connectivity index (χ4v) is 2.68. The van der Waals surface area contributed by atoms with E-state index in [0.29, 0.717) is 12.1 Å². The lowest BCUT2D eigenvalue weighted by Crippen LogP contribution is -2.22. The summed E-state index contributed by atoms with van der Waals surface area (Å²) in [7, 11) is -4.45. The summed E-state index contributed by atoms with van der Waals surface area (Å²) in [6, 6.07) is 9.48. The second-order valence-electron chi connectivity index (χ2n) is 4.08. The Bertz CT molecular complexity index is 712. The molecule has 0 aliphatic carbocycles. The van der Waals surface area contributed by atoms with Crippen molar-refractivity contribution < 1.29 is 26.1 Å². The van der Waals surface area contributed by atoms with Crippen LogP contribution < -0.4 is 4.53 Å². The van der Waals surface area contributed by atoms with Gasteiger partial charge in [-0.1, -0.05) is 27.2 Å². The van der Waals surface area contributed by atoms with Crippen molar-refractivity contribution in [3.63, 3.8) is 0 Å². The molecule has 0 bridgehead atoms. The molecule has 3 nitrogen and oxygen atoms in total. The van der Waals surface area contributed by atoms with Gasteiger partial charge in [0.1, 0.15) is 0 Å². The normalized spacial score (nSPS) is 12.2. The summed E-state index contributed by atoms with van der Waals surface area (Å²) in [6.45, 7) is 0. The quantitative estimate of drug-likeness (QED) is 0.638. The first-order valence-electron chi connectivity index (χ1n) is 5.66. The van der Waals surface area contributed by atoms with Crippen LogP contribution in [-0.2, 0) is 16.2 Å². The molecule has 8 heteroatoms. The minimum absolute atomic E-state index is 0.299. The van der Waals surface area contributed by atoms with E-state index in [1.54, 1.807) is 6.07 Å². The van der Waals surface area contributed by atoms with Gasteiger partial charge < -0.3 is 0 Å². The van der Waals surface area contributed by atoms with Crippen LogP contribution in [0.3, 0.4) is 0 Å². The Balaban J connectivity index is 2.34. The van der Waals surface area contributed by atoms with Gasteiger partial charge in [0.2, 0.25) is 0 Å². The van der Waals surface area contributed by atoms with Crippen LogP contribution in [0.15, 0.2) is 59.5 Å². The van der Waals surface area contributed by atoms with E-state index < -0.39 is 32.0 Å². The predicted octanol–water partition coefficient (Wildman–Crippen LogP) is 3.79. The first kappa shape index (κ1) is 15.3. The van der Waals surface area contributed by atoms with E-state index >= 15 is 0 Å². The molecule has 2 aromatic carbocycles. The molecule has 0 saturated carbocycles. The standard InChI is InChI=1S/C13H9F4NO2S/c14-13(15,16)10-6-8-11(9-7-10)18(17)21(19,20)12-4-2-1-3-5-12/h1-9H. The Labute approximate surface area is 118 Å². The summed E-state index contributed by atoms with van der Waals surface area (Å²) in [5.74, 6) is 0. The lowest BCUT2D eigenvalue weighted by atomic mass is 10.2. The molecule has 0 amide bonds. The number of alkyl halides is 3. The summed E-state index contributed by atoms with van der Waals surface area (Å²) < 4.78 is 74.5. The minimum atomic E-state index is -4.57. The SMILES string of the molecule is O=S(=O)(c1ccccc1)N(F)c1ccc(C(F)(F)F)cc1. The lowest BCUT2D eigenvalue weighted by molar-refractivity contribution is -0.137. The number of nitrogens with zero attached hydrogens (tertiary/aromatic N) is 1. The van der Waals surface area contributed by atoms with Crippen molar-refractivity contribution in [2.45, 2.75) is 11.1 Å². The zero-order chi connectivity index (χ0) is 15.7. The molecule has 0 aromatic heterocycles. The molecule has 2 rings (SSSR count). The van der Waals surface area contributed by atoms with Gasteiger partial charge in [0.05, 0.1) is 16.1 Å². The van der Waals surface area contributed by atoms with Crippen molar-refractivity contribution in [3.05, 3.63) is 60.2 Å². The molecular weight excluding hydrogens is 310 g/mol. The largest absolute Gasteiger partial charge is 0.416 e. The van der Waals surface area contributed by atoms with Crippen LogP contribution in [0.4, 0.5) is 23.3 Å². The number of hydrogen-bond acceptors (Lipinski definition) is 2. The van der Waals surface area contributed by atoms with Gasteiger partial charge in [0, 0.05) is 0 Å². The fourth-order valence-electron chi connectivity index (χ4n) is 1.59. The van der Waals surface area contributed by atoms with Gasteiger partial charge in [0.15, 0.2) is 0 Å². The van der Waals surface area contributed by atoms with E-state index in [0.717, 1.165) is 12.1 Å². The Hall–Kier alpha value is -2.09. The molecule has 0 saturated heterocycles. The van der Waals surface area contributed by atoms with Gasteiger partial charge in [-0.25, -0.2) is 0 Å². The highest BCUT2D eigenvalue weighted by Gasteiger charge is 2.31. The van der Waals surface area contributed by atoms with Crippen LogP contribution in [0.25, 0.3) is 0 Å². The van der Waals surface area contributed by atoms with Gasteiger partial charge in [-0.05, 0) is 36.4 Å². The smallest absolute Gasteiger partial charge is 0.199 e. The molecule has 21 heavy (non-hydrogen) atoms. The molecule has 0 fully saturated rings. The third kappa shape index (κ3) is 3.15. The Morgan fingerprint density at radius 3 is 1.86 bits per heavy atom. The predicted molar refractivity (Wildman–Crippen MR) is 68.7 cm³/mol. The van der Waals surface area contributed by atoms with E-state index in [1.807, 2.05) is 0 Å². The van der Waals surface area contributed by atoms with Gasteiger partial charge in [-0.15, -0.1) is 0 Å². The maximum Gasteiger partial charge on any atom is 0.416 e. The average Bonchev–Trinajstić information content (AvgIpc) is 2.46. The summed E-state index contributed by atoms with van der Waals surface area (Å²) >= 11 is 0. The maximum atomic E-state index is 14.0. The van der Waals surface area contributed by atoms with E-state index in [9.17, 15) is 26.1 Å². The van der Waals surface area contributed by atoms with Crippen LogP contribution in [0.1, 0.15) is 5.56 Å². The van der Waals surface area contributed by atoms with Gasteiger partial charge in [-0.3, -0.25) is 0 Å². The maximum absolute atomic E-state index is 14.0. The average molecular weight is 319 g/mol. The zero-order valence-corrected chi connectivity index (χ0v) is 11.2. The van der Waals surface area contributed by atoms with Crippen LogP contribution in [0, 0.1) is 0 Å². The zero-order valence-electron chi connectivity index (χ0n) is 10.4. The Morgan fingerprint density at radius 2 is 1.38 bits per heavy atom. The molecule has 0 aliphatic heterocycles. The van der Waals surface area contributed by atoms with E-state index in [4.69, 9.17) is 0 Å². The van der Waals surface area contributed by atoms with Crippen molar-refractivity contribution in [1.82, 2.24) is 0 Å². The molecule has 0 N–H and O–H groups in total. The molecule has 0 atom stereocenters. The fraction of sp³-hybridized carbons (Fsp3) is 0.0769. The summed E-state index contributed by atoms with van der Waals surface area (Å²) in [5, 5.41) is 0. The summed E-state index contributed by atoms with van der Waals surface area (Å²) in [6.07, 6.45) is -4.57. The molecule has 2 aromatic rings. The number of anilines is 1. The van der Waals surface area contributed by atoms with Crippen molar-refractivity contribution in [2.24, 2.45) is 0 Å². The van der Waals surface area contributed by atoms with Gasteiger partial charge in [-0.2, -0.15) is 21.6 Å². The third-order valence-electron chi connectivity index (χ3n) is 2.65. The molecule has 112 valence electrons. The van der Waals surface area contributed by atoms with Crippen LogP contribution >= 0.6 is 0 Å². The molecule has 0 heterocycles. The topological polar surface area (TPSA) is 37.4 Å². The lowest BCUT2D eigenvalue weighted by Gasteiger charge is -2.15. The molecule has 0 spiro atoms. The van der Waals surface area contributed by atoms with Crippen molar-refractivity contribution in [3.8, 4) is 0 Å². The first-order valence-corrected chi connectivity index (χ1v) is 7.10. The van der Waals surface area contributed by atoms with Crippen molar-refractivity contribution >= 4 is 15.7 Å². The van der Waals surface area contributed by atoms with Gasteiger partial charge >= 0.3 is 6.18 Å². The number of benzene rings is 2. The molecule has 0 aliphatic rings. The van der Waals surface area contributed by atoms with Crippen LogP contribution in [-0.4, -0.2) is 8.42 Å². The third-order valence-corrected chi connectivity index (χ3v) is 4.15. The number of hydrogen-bond donors (Lipinski definition) is 0. The summed E-state index contributed by atoms with van der Waals surface area (Å²) in [5.41, 5.74) is -1.50. The first-order chi connectivity index (χ1) is 9.73. The summed E-state index contributed by atoms with van der Waals surface area (Å²) in [4.78, 5) is -0.299. The van der Waals surface area contributed by atoms with E-state index in [-0.39, 0.29) is 4.90 Å². The second-order valence-corrected chi connectivity index (χ2v) is 5.82. The minimum Gasteiger partial charge on any atom is -0.199 e. The monoisotopic (exact) mass is 319 g/mol. The Morgan fingerprint density at radius 1 is 0.857 bits per heavy atom. The highest BCUT2D eigenvalue weighted by atomic mass is 32.2. The Kier molecular flexibility index (Phi) is 3.91. The second kappa shape index (κ2) is 5.36. The van der Waals surface area contributed by atoms with Crippen LogP contribution in [0.2, 0.25) is 0 Å². The van der Waals surface area contributed by atoms with E-state index in [2.05, 4.69) is 0 Å². The van der Waals surface area contributed by atoms with Crippen molar-refractivity contribution in [2.75, 3.05) is 4.53 Å². The number of rotatable bonds is 3. The number of halogens is 4. The molecular formula is C13H9F4NO2S. The van der Waals surface area contributed by atoms with Crippen molar-refractivity contribution in [1.29, 1.82) is 0 Å². The number of sulfonamides is 1. The van der Waals surface area contributed by atoms with E-state index in [1.165, 1.54) is 24.3 Å². The highest BCUT2D eigenvalue weighted by Crippen LogP contribution is 2.31. The molecule has 0 unspecified atom stereocenters. The highest BCUT2D eigenvalue weighted by molar-refractivity contribution is 7.92.